The number of carboxylic acids is 1. The van der Waals surface area contributed by atoms with Gasteiger partial charge in [0.1, 0.15) is 11.8 Å². The molecule has 3 rings (SSSR count). The normalized spacial score (nSPS) is 20.6. The number of nitrogens with zero attached hydrogens (tertiary/aromatic N) is 2. The van der Waals surface area contributed by atoms with Crippen molar-refractivity contribution < 1.29 is 19.4 Å². The van der Waals surface area contributed by atoms with Gasteiger partial charge in [0.15, 0.2) is 0 Å². The van der Waals surface area contributed by atoms with Crippen LogP contribution >= 0.6 is 0 Å². The summed E-state index contributed by atoms with van der Waals surface area (Å²) in [5, 5.41) is 8.89. The highest BCUT2D eigenvalue weighted by Crippen LogP contribution is 2.25. The fourth-order valence-electron chi connectivity index (χ4n) is 2.72. The van der Waals surface area contributed by atoms with E-state index in [1.54, 1.807) is 4.90 Å². The van der Waals surface area contributed by atoms with E-state index in [9.17, 15) is 9.59 Å². The molecule has 1 saturated heterocycles. The Morgan fingerprint density at radius 2 is 1.96 bits per heavy atom. The summed E-state index contributed by atoms with van der Waals surface area (Å²) in [4.78, 5) is 29.2. The lowest BCUT2D eigenvalue weighted by atomic mass is 10.1. The van der Waals surface area contributed by atoms with E-state index < -0.39 is 5.97 Å². The molecule has 1 aromatic heterocycles. The van der Waals surface area contributed by atoms with Crippen LogP contribution in [-0.4, -0.2) is 46.1 Å². The van der Waals surface area contributed by atoms with Crippen molar-refractivity contribution in [3.8, 4) is 0 Å². The van der Waals surface area contributed by atoms with Crippen LogP contribution in [0.5, 0.6) is 0 Å². The van der Waals surface area contributed by atoms with Crippen molar-refractivity contribution in [2.45, 2.75) is 19.1 Å². The second kappa shape index (κ2) is 6.80. The summed E-state index contributed by atoms with van der Waals surface area (Å²) in [6.45, 7) is 2.83. The van der Waals surface area contributed by atoms with Crippen molar-refractivity contribution in [2.75, 3.05) is 13.2 Å². The Kier molecular flexibility index (Phi) is 4.57. The van der Waals surface area contributed by atoms with Crippen LogP contribution in [0, 0.1) is 0 Å². The third-order valence-corrected chi connectivity index (χ3v) is 4.09. The summed E-state index contributed by atoms with van der Waals surface area (Å²) in [5.41, 5.74) is 1.32. The fraction of sp³-hybridized carbons (Fsp3) is 0.278. The first-order valence-electron chi connectivity index (χ1n) is 7.73. The number of morpholine rings is 1. The Morgan fingerprint density at radius 1 is 1.21 bits per heavy atom. The molecule has 1 aliphatic rings. The molecule has 1 amide bonds. The molecule has 1 aromatic carbocycles. The zero-order valence-electron chi connectivity index (χ0n) is 13.3. The highest BCUT2D eigenvalue weighted by molar-refractivity contribution is 5.95. The van der Waals surface area contributed by atoms with Crippen LogP contribution in [0.4, 0.5) is 0 Å². The average molecular weight is 326 g/mol. The summed E-state index contributed by atoms with van der Waals surface area (Å²) in [7, 11) is 0. The highest BCUT2D eigenvalue weighted by atomic mass is 16.5. The van der Waals surface area contributed by atoms with E-state index in [4.69, 9.17) is 9.84 Å². The van der Waals surface area contributed by atoms with Crippen molar-refractivity contribution in [1.29, 1.82) is 0 Å². The van der Waals surface area contributed by atoms with Gasteiger partial charge >= 0.3 is 5.97 Å². The Labute approximate surface area is 139 Å². The number of ether oxygens (including phenoxy) is 1. The third-order valence-electron chi connectivity index (χ3n) is 4.09. The molecule has 0 aliphatic carbocycles. The summed E-state index contributed by atoms with van der Waals surface area (Å²) >= 11 is 0. The predicted molar refractivity (Wildman–Crippen MR) is 86.8 cm³/mol. The minimum Gasteiger partial charge on any atom is -0.477 e. The first-order valence-corrected chi connectivity index (χ1v) is 7.73. The van der Waals surface area contributed by atoms with E-state index in [-0.39, 0.29) is 23.7 Å². The molecule has 1 aliphatic heterocycles. The summed E-state index contributed by atoms with van der Waals surface area (Å²) in [5.74, 6) is -1.28. The van der Waals surface area contributed by atoms with Crippen LogP contribution in [0.25, 0.3) is 0 Å². The van der Waals surface area contributed by atoms with E-state index in [2.05, 4.69) is 4.98 Å². The number of rotatable bonds is 3. The first-order chi connectivity index (χ1) is 11.6. The Hall–Kier alpha value is -2.73. The molecule has 2 unspecified atom stereocenters. The lowest BCUT2D eigenvalue weighted by molar-refractivity contribution is -0.0486. The number of carbonyl (C=O) groups excluding carboxylic acids is 1. The van der Waals surface area contributed by atoms with E-state index in [1.807, 2.05) is 37.3 Å². The molecule has 0 radical (unpaired) electrons. The number of hydrogen-bond acceptors (Lipinski definition) is 4. The molecular weight excluding hydrogens is 308 g/mol. The fourth-order valence-corrected chi connectivity index (χ4v) is 2.72. The first kappa shape index (κ1) is 16.1. The van der Waals surface area contributed by atoms with Crippen LogP contribution in [-0.2, 0) is 4.74 Å². The van der Waals surface area contributed by atoms with E-state index in [0.717, 1.165) is 5.56 Å². The number of carbonyl (C=O) groups is 2. The molecule has 0 saturated carbocycles. The third kappa shape index (κ3) is 3.28. The Bertz CT molecular complexity index is 730. The molecule has 2 heterocycles. The van der Waals surface area contributed by atoms with Gasteiger partial charge in [0, 0.05) is 6.20 Å². The second-order valence-electron chi connectivity index (χ2n) is 5.78. The van der Waals surface area contributed by atoms with Crippen molar-refractivity contribution >= 4 is 11.9 Å². The summed E-state index contributed by atoms with van der Waals surface area (Å²) < 4.78 is 5.86. The van der Waals surface area contributed by atoms with Crippen molar-refractivity contribution in [3.05, 3.63) is 65.5 Å². The van der Waals surface area contributed by atoms with Crippen LogP contribution in [0.3, 0.4) is 0 Å². The number of pyridine rings is 1. The van der Waals surface area contributed by atoms with Gasteiger partial charge in [-0.3, -0.25) is 4.79 Å². The van der Waals surface area contributed by atoms with E-state index >= 15 is 0 Å². The smallest absolute Gasteiger partial charge is 0.354 e. The van der Waals surface area contributed by atoms with Crippen molar-refractivity contribution in [1.82, 2.24) is 9.88 Å². The SMILES string of the molecule is CC1COC(c2ccccc2)CN1C(=O)c1ccc(C(=O)O)nc1. The maximum absolute atomic E-state index is 12.8. The predicted octanol–water partition coefficient (Wildman–Crippen LogP) is 2.38. The lowest BCUT2D eigenvalue weighted by Crippen LogP contribution is -2.48. The number of benzene rings is 1. The molecule has 124 valence electrons. The monoisotopic (exact) mass is 326 g/mol. The van der Waals surface area contributed by atoms with Crippen LogP contribution in [0.2, 0.25) is 0 Å². The molecule has 24 heavy (non-hydrogen) atoms. The molecule has 0 spiro atoms. The summed E-state index contributed by atoms with van der Waals surface area (Å²) in [6, 6.07) is 12.6. The van der Waals surface area contributed by atoms with Gasteiger partial charge < -0.3 is 14.7 Å². The van der Waals surface area contributed by atoms with Crippen LogP contribution in [0.15, 0.2) is 48.7 Å². The van der Waals surface area contributed by atoms with E-state index in [1.165, 1.54) is 18.3 Å². The topological polar surface area (TPSA) is 79.7 Å². The molecule has 1 fully saturated rings. The zero-order chi connectivity index (χ0) is 17.1. The van der Waals surface area contributed by atoms with Crippen LogP contribution < -0.4 is 0 Å². The van der Waals surface area contributed by atoms with Gasteiger partial charge in [-0.25, -0.2) is 9.78 Å². The highest BCUT2D eigenvalue weighted by Gasteiger charge is 2.31. The number of carboxylic acid groups (broad SMARTS) is 1. The van der Waals surface area contributed by atoms with Gasteiger partial charge in [0.2, 0.25) is 0 Å². The summed E-state index contributed by atoms with van der Waals surface area (Å²) in [6.07, 6.45) is 1.14. The van der Waals surface area contributed by atoms with Gasteiger partial charge in [-0.2, -0.15) is 0 Å². The molecule has 2 aromatic rings. The standard InChI is InChI=1S/C18H18N2O4/c1-12-11-24-16(13-5-3-2-4-6-13)10-20(12)17(21)14-7-8-15(18(22)23)19-9-14/h2-9,12,16H,10-11H2,1H3,(H,22,23). The quantitative estimate of drug-likeness (QED) is 0.937. The number of aromatic carboxylic acids is 1. The zero-order valence-corrected chi connectivity index (χ0v) is 13.3. The van der Waals surface area contributed by atoms with Gasteiger partial charge in [-0.1, -0.05) is 30.3 Å². The van der Waals surface area contributed by atoms with Gasteiger partial charge in [0.05, 0.1) is 24.8 Å². The average Bonchev–Trinajstić information content (AvgIpc) is 2.62. The lowest BCUT2D eigenvalue weighted by Gasteiger charge is -2.38. The maximum Gasteiger partial charge on any atom is 0.354 e. The minimum absolute atomic E-state index is 0.0587. The van der Waals surface area contributed by atoms with Gasteiger partial charge in [-0.15, -0.1) is 0 Å². The largest absolute Gasteiger partial charge is 0.477 e. The minimum atomic E-state index is -1.11. The Morgan fingerprint density at radius 3 is 2.58 bits per heavy atom. The van der Waals surface area contributed by atoms with Crippen molar-refractivity contribution in [3.63, 3.8) is 0 Å². The maximum atomic E-state index is 12.8. The number of hydrogen-bond donors (Lipinski definition) is 1. The number of aromatic nitrogens is 1. The van der Waals surface area contributed by atoms with E-state index in [0.29, 0.717) is 18.7 Å². The Balaban J connectivity index is 1.78. The molecule has 6 heteroatoms. The second-order valence-corrected chi connectivity index (χ2v) is 5.78. The molecule has 2 atom stereocenters. The van der Waals surface area contributed by atoms with Gasteiger partial charge in [0.25, 0.3) is 5.91 Å². The molecule has 1 N–H and O–H groups in total. The molecule has 0 bridgehead atoms. The molecule has 6 nitrogen and oxygen atoms in total. The van der Waals surface area contributed by atoms with Gasteiger partial charge in [-0.05, 0) is 24.6 Å². The number of amides is 1. The van der Waals surface area contributed by atoms with Crippen LogP contribution in [0.1, 0.15) is 39.4 Å². The van der Waals surface area contributed by atoms with Crippen molar-refractivity contribution in [2.24, 2.45) is 0 Å². The molecular formula is C18H18N2O4.